The molecule has 0 amide bonds. The van der Waals surface area contributed by atoms with Crippen molar-refractivity contribution in [3.8, 4) is 11.4 Å². The van der Waals surface area contributed by atoms with Crippen LogP contribution in [0.4, 0.5) is 32.8 Å². The van der Waals surface area contributed by atoms with E-state index in [1.165, 1.54) is 85.3 Å². The van der Waals surface area contributed by atoms with Crippen molar-refractivity contribution in [3.05, 3.63) is 216 Å². The van der Waals surface area contributed by atoms with Crippen molar-refractivity contribution >= 4 is 108 Å². The lowest BCUT2D eigenvalue weighted by Gasteiger charge is -2.25. The average molecular weight is 861 g/mol. The molecule has 6 heteroatoms. The third-order valence-electron chi connectivity index (χ3n) is 12.4. The number of rotatable bonds is 8. The Hall–Kier alpha value is -7.38. The number of fused-ring (bicyclic) bond motifs is 7. The summed E-state index contributed by atoms with van der Waals surface area (Å²) in [6.45, 7) is 8.76. The number of para-hydroxylation sites is 3. The van der Waals surface area contributed by atoms with Gasteiger partial charge in [0.2, 0.25) is 0 Å². The Balaban J connectivity index is 1.13. The van der Waals surface area contributed by atoms with Gasteiger partial charge in [-0.05, 0) is 158 Å². The van der Waals surface area contributed by atoms with Crippen molar-refractivity contribution in [3.63, 3.8) is 0 Å². The summed E-state index contributed by atoms with van der Waals surface area (Å²) in [5, 5.41) is 7.30. The van der Waals surface area contributed by atoms with Gasteiger partial charge in [0.1, 0.15) is 10.0 Å². The monoisotopic (exact) mass is 860 g/mol. The normalized spacial score (nSPS) is 11.8. The molecule has 8 aromatic carbocycles. The minimum Gasteiger partial charge on any atom is -0.308 e. The van der Waals surface area contributed by atoms with Gasteiger partial charge in [0.25, 0.3) is 0 Å². The van der Waals surface area contributed by atoms with Gasteiger partial charge in [0, 0.05) is 44.9 Å². The molecule has 0 atom stereocenters. The molecular weight excluding hydrogens is 817 g/mol. The Bertz CT molecular complexity index is 3680. The Kier molecular flexibility index (Phi) is 9.07. The summed E-state index contributed by atoms with van der Waals surface area (Å²) >= 11 is 3.74. The van der Waals surface area contributed by atoms with E-state index in [4.69, 9.17) is 0 Å². The topological polar surface area (TPSA) is 16.3 Å². The van der Waals surface area contributed by atoms with E-state index in [-0.39, 0.29) is 0 Å². The second-order valence-corrected chi connectivity index (χ2v) is 19.1. The molecule has 0 radical (unpaired) electrons. The van der Waals surface area contributed by atoms with E-state index in [1.54, 1.807) is 0 Å². The first kappa shape index (κ1) is 38.3. The van der Waals surface area contributed by atoms with Gasteiger partial charge in [-0.15, -0.1) is 22.7 Å². The number of hydrogen-bond acceptors (Lipinski definition) is 4. The summed E-state index contributed by atoms with van der Waals surface area (Å²) in [6, 6.07) is 71.5. The lowest BCUT2D eigenvalue weighted by atomic mass is 10.1. The number of aromatic nitrogens is 2. The molecule has 0 unspecified atom stereocenters. The van der Waals surface area contributed by atoms with E-state index >= 15 is 0 Å². The van der Waals surface area contributed by atoms with Crippen LogP contribution in [0.25, 0.3) is 64.4 Å². The number of anilines is 6. The predicted molar refractivity (Wildman–Crippen MR) is 277 cm³/mol. The Morgan fingerprint density at radius 3 is 1.23 bits per heavy atom. The van der Waals surface area contributed by atoms with Crippen molar-refractivity contribution in [1.82, 2.24) is 9.13 Å². The van der Waals surface area contributed by atoms with Gasteiger partial charge < -0.3 is 18.9 Å². The van der Waals surface area contributed by atoms with E-state index in [1.807, 2.05) is 22.7 Å². The molecule has 0 N–H and O–H groups in total. The van der Waals surface area contributed by atoms with Crippen LogP contribution in [0.3, 0.4) is 0 Å². The predicted octanol–water partition coefficient (Wildman–Crippen LogP) is 17.3. The number of nitrogens with zero attached hydrogens (tertiary/aromatic N) is 4. The maximum absolute atomic E-state index is 2.48. The first-order valence-corrected chi connectivity index (χ1v) is 23.5. The second kappa shape index (κ2) is 15.2. The summed E-state index contributed by atoms with van der Waals surface area (Å²) in [5.74, 6) is 0. The molecule has 0 aliphatic rings. The molecule has 0 fully saturated rings. The summed E-state index contributed by atoms with van der Waals surface area (Å²) in [6.07, 6.45) is 0. The van der Waals surface area contributed by atoms with Crippen molar-refractivity contribution < 1.29 is 0 Å². The molecule has 0 spiro atoms. The molecule has 4 heterocycles. The lowest BCUT2D eigenvalue weighted by molar-refractivity contribution is 1.17. The fraction of sp³-hybridized carbons (Fsp3) is 0.0690. The van der Waals surface area contributed by atoms with Crippen LogP contribution < -0.4 is 9.80 Å². The molecule has 12 aromatic rings. The molecule has 4 aromatic heterocycles. The van der Waals surface area contributed by atoms with Gasteiger partial charge in [0.05, 0.1) is 31.5 Å². The Morgan fingerprint density at radius 1 is 0.328 bits per heavy atom. The summed E-state index contributed by atoms with van der Waals surface area (Å²) < 4.78 is 7.49. The quantitative estimate of drug-likeness (QED) is 0.151. The van der Waals surface area contributed by atoms with Crippen molar-refractivity contribution in [2.45, 2.75) is 27.7 Å². The largest absolute Gasteiger partial charge is 0.308 e. The van der Waals surface area contributed by atoms with E-state index in [0.29, 0.717) is 0 Å². The minimum absolute atomic E-state index is 1.14. The van der Waals surface area contributed by atoms with Crippen LogP contribution in [-0.2, 0) is 0 Å². The molecule has 12 rings (SSSR count). The highest BCUT2D eigenvalue weighted by Gasteiger charge is 2.26. The molecule has 4 nitrogen and oxygen atoms in total. The highest BCUT2D eigenvalue weighted by molar-refractivity contribution is 7.24. The summed E-state index contributed by atoms with van der Waals surface area (Å²) in [7, 11) is 0. The van der Waals surface area contributed by atoms with E-state index in [0.717, 1.165) is 34.1 Å². The van der Waals surface area contributed by atoms with E-state index in [9.17, 15) is 0 Å². The van der Waals surface area contributed by atoms with Crippen molar-refractivity contribution in [2.24, 2.45) is 0 Å². The molecule has 0 saturated heterocycles. The molecule has 64 heavy (non-hydrogen) atoms. The Morgan fingerprint density at radius 2 is 0.750 bits per heavy atom. The average Bonchev–Trinajstić information content (AvgIpc) is 4.05. The van der Waals surface area contributed by atoms with E-state index in [2.05, 4.69) is 241 Å². The standard InChI is InChI=1S/C58H44N4S2/c1-37-26-38(2)29-47(28-37)59(43-18-8-5-9-19-43)55-35-53-57(63-55)49-33-52-50(34-51(49)61(53)44-20-10-6-11-21-44)58-54(62(52)45-22-12-7-13-23-45)36-56(64-58)60(48-30-39(3)27-40(4)31-48)46-25-24-41-16-14-15-17-42(41)32-46/h5-36H,1-4H3. The molecule has 0 aliphatic carbocycles. The second-order valence-electron chi connectivity index (χ2n) is 17.1. The number of hydrogen-bond donors (Lipinski definition) is 0. The number of thiophene rings is 2. The first-order chi connectivity index (χ1) is 31.3. The van der Waals surface area contributed by atoms with Crippen LogP contribution >= 0.6 is 22.7 Å². The molecule has 308 valence electrons. The summed E-state index contributed by atoms with van der Waals surface area (Å²) in [4.78, 5) is 4.88. The van der Waals surface area contributed by atoms with Gasteiger partial charge in [-0.1, -0.05) is 97.1 Å². The third-order valence-corrected chi connectivity index (χ3v) is 14.7. The van der Waals surface area contributed by atoms with E-state index < -0.39 is 0 Å². The maximum Gasteiger partial charge on any atom is 0.103 e. The van der Waals surface area contributed by atoms with Crippen LogP contribution in [0.2, 0.25) is 0 Å². The Labute approximate surface area is 380 Å². The number of benzene rings is 8. The van der Waals surface area contributed by atoms with Crippen LogP contribution in [-0.4, -0.2) is 9.13 Å². The fourth-order valence-corrected chi connectivity index (χ4v) is 12.2. The minimum atomic E-state index is 1.14. The van der Waals surface area contributed by atoms with Crippen LogP contribution in [0, 0.1) is 27.7 Å². The van der Waals surface area contributed by atoms with Gasteiger partial charge >= 0.3 is 0 Å². The first-order valence-electron chi connectivity index (χ1n) is 21.8. The third kappa shape index (κ3) is 6.40. The SMILES string of the molecule is Cc1cc(C)cc(N(c2ccccc2)c2cc3c(s2)c2cc4c(cc2n3-c2ccccc2)c2sc(N(c3cc(C)cc(C)c3)c3ccc5ccccc5c3)cc2n4-c2ccccc2)c1. The van der Waals surface area contributed by atoms with Crippen LogP contribution in [0.1, 0.15) is 22.3 Å². The molecule has 0 aliphatic heterocycles. The zero-order valence-electron chi connectivity index (χ0n) is 36.1. The maximum atomic E-state index is 2.48. The molecule has 0 saturated carbocycles. The fourth-order valence-electron chi connectivity index (χ4n) is 9.82. The van der Waals surface area contributed by atoms with Crippen LogP contribution in [0.5, 0.6) is 0 Å². The lowest BCUT2D eigenvalue weighted by Crippen LogP contribution is -2.09. The highest BCUT2D eigenvalue weighted by Crippen LogP contribution is 2.50. The number of aryl methyl sites for hydroxylation is 4. The summed E-state index contributed by atoms with van der Waals surface area (Å²) in [5.41, 5.74) is 16.7. The smallest absolute Gasteiger partial charge is 0.103 e. The van der Waals surface area contributed by atoms with Gasteiger partial charge in [0.15, 0.2) is 0 Å². The molecular formula is C58H44N4S2. The van der Waals surface area contributed by atoms with Crippen molar-refractivity contribution in [1.29, 1.82) is 0 Å². The van der Waals surface area contributed by atoms with Gasteiger partial charge in [-0.2, -0.15) is 0 Å². The highest BCUT2D eigenvalue weighted by atomic mass is 32.1. The zero-order valence-corrected chi connectivity index (χ0v) is 37.7. The van der Waals surface area contributed by atoms with Crippen molar-refractivity contribution in [2.75, 3.05) is 9.80 Å². The van der Waals surface area contributed by atoms with Crippen LogP contribution in [0.15, 0.2) is 194 Å². The zero-order chi connectivity index (χ0) is 43.1. The van der Waals surface area contributed by atoms with Gasteiger partial charge in [-0.3, -0.25) is 0 Å². The molecule has 0 bridgehead atoms. The van der Waals surface area contributed by atoms with Gasteiger partial charge in [-0.25, -0.2) is 0 Å².